The molecule has 2 aromatic rings. The smallest absolute Gasteiger partial charge is 0.307 e. The molecular weight excluding hydrogens is 308 g/mol. The molecule has 1 aliphatic rings. The van der Waals surface area contributed by atoms with E-state index < -0.39 is 0 Å². The van der Waals surface area contributed by atoms with Gasteiger partial charge in [0.1, 0.15) is 4.83 Å². The number of aromatic nitrogens is 2. The van der Waals surface area contributed by atoms with E-state index in [1.165, 1.54) is 11.8 Å². The van der Waals surface area contributed by atoms with Crippen molar-refractivity contribution < 1.29 is 9.53 Å². The van der Waals surface area contributed by atoms with Gasteiger partial charge < -0.3 is 4.74 Å². The number of carbonyl (C=O) groups excluding carboxylic acids is 1. The maximum atomic E-state index is 12.8. The second-order valence-corrected chi connectivity index (χ2v) is 7.20. The number of thiophene rings is 1. The average Bonchev–Trinajstić information content (AvgIpc) is 2.93. The second-order valence-electron chi connectivity index (χ2n) is 5.01. The van der Waals surface area contributed by atoms with Crippen LogP contribution in [-0.4, -0.2) is 27.9 Å². The number of aryl methyl sites for hydroxylation is 2. The first-order valence-electron chi connectivity index (χ1n) is 6.83. The van der Waals surface area contributed by atoms with Crippen molar-refractivity contribution >= 4 is 39.3 Å². The molecule has 1 aliphatic heterocycles. The molecule has 0 fully saturated rings. The maximum absolute atomic E-state index is 12.8. The second kappa shape index (κ2) is 5.46. The molecule has 0 spiro atoms. The summed E-state index contributed by atoms with van der Waals surface area (Å²) in [6, 6.07) is -0.159. The molecule has 0 saturated heterocycles. The molecule has 0 radical (unpaired) electrons. The summed E-state index contributed by atoms with van der Waals surface area (Å²) in [6.45, 7) is 6.09. The minimum atomic E-state index is -0.263. The van der Waals surface area contributed by atoms with Crippen molar-refractivity contribution in [3.63, 3.8) is 0 Å². The standard InChI is InChI=1S/C14H16N2O3S2/c1-4-19-10(17)5-9-6-20-14-15-12-11(13(18)16(9)14)7(2)8(3)21-12/h9H,4-6H2,1-3H3/t9-/m1/s1. The number of nitrogens with zero attached hydrogens (tertiary/aromatic N) is 2. The highest BCUT2D eigenvalue weighted by molar-refractivity contribution is 7.99. The predicted molar refractivity (Wildman–Crippen MR) is 84.4 cm³/mol. The van der Waals surface area contributed by atoms with Crippen molar-refractivity contribution in [2.45, 2.75) is 38.4 Å². The van der Waals surface area contributed by atoms with Crippen molar-refractivity contribution in [1.29, 1.82) is 0 Å². The van der Waals surface area contributed by atoms with Crippen molar-refractivity contribution in [3.05, 3.63) is 20.8 Å². The molecule has 0 aliphatic carbocycles. The summed E-state index contributed by atoms with van der Waals surface area (Å²) in [6.07, 6.45) is 0.225. The summed E-state index contributed by atoms with van der Waals surface area (Å²) >= 11 is 3.08. The quantitative estimate of drug-likeness (QED) is 0.642. The van der Waals surface area contributed by atoms with Crippen LogP contribution >= 0.6 is 23.1 Å². The van der Waals surface area contributed by atoms with E-state index in [0.717, 1.165) is 15.3 Å². The molecule has 2 aromatic heterocycles. The molecule has 112 valence electrons. The Bertz CT molecular complexity index is 779. The number of thioether (sulfide) groups is 1. The third-order valence-electron chi connectivity index (χ3n) is 3.68. The lowest BCUT2D eigenvalue weighted by atomic mass is 10.2. The van der Waals surface area contributed by atoms with E-state index in [0.29, 0.717) is 22.9 Å². The average molecular weight is 324 g/mol. The number of ether oxygens (including phenoxy) is 1. The molecule has 0 bridgehead atoms. The number of hydrogen-bond acceptors (Lipinski definition) is 6. The molecule has 0 N–H and O–H groups in total. The molecule has 21 heavy (non-hydrogen) atoms. The fourth-order valence-electron chi connectivity index (χ4n) is 2.52. The molecule has 3 heterocycles. The van der Waals surface area contributed by atoms with Crippen LogP contribution < -0.4 is 5.56 Å². The molecular formula is C14H16N2O3S2. The first kappa shape index (κ1) is 14.6. The van der Waals surface area contributed by atoms with Crippen LogP contribution in [0.3, 0.4) is 0 Å². The van der Waals surface area contributed by atoms with Gasteiger partial charge in [-0.1, -0.05) is 11.8 Å². The molecule has 0 unspecified atom stereocenters. The first-order valence-corrected chi connectivity index (χ1v) is 8.63. The lowest BCUT2D eigenvalue weighted by Gasteiger charge is -2.12. The van der Waals surface area contributed by atoms with Gasteiger partial charge in [-0.15, -0.1) is 11.3 Å². The highest BCUT2D eigenvalue weighted by Crippen LogP contribution is 2.35. The molecule has 0 amide bonds. The van der Waals surface area contributed by atoms with Gasteiger partial charge in [-0.2, -0.15) is 0 Å². The maximum Gasteiger partial charge on any atom is 0.307 e. The van der Waals surface area contributed by atoms with Crippen LogP contribution in [0.15, 0.2) is 9.95 Å². The minimum absolute atomic E-state index is 0.0313. The number of rotatable bonds is 3. The van der Waals surface area contributed by atoms with Crippen LogP contribution in [0.1, 0.15) is 29.8 Å². The Morgan fingerprint density at radius 3 is 2.95 bits per heavy atom. The summed E-state index contributed by atoms with van der Waals surface area (Å²) < 4.78 is 6.66. The first-order chi connectivity index (χ1) is 10.0. The fourth-order valence-corrected chi connectivity index (χ4v) is 4.73. The van der Waals surface area contributed by atoms with E-state index in [1.807, 2.05) is 13.8 Å². The molecule has 0 saturated carbocycles. The van der Waals surface area contributed by atoms with Crippen molar-refractivity contribution in [1.82, 2.24) is 9.55 Å². The fraction of sp³-hybridized carbons (Fsp3) is 0.500. The van der Waals surface area contributed by atoms with Crippen LogP contribution in [0.25, 0.3) is 10.2 Å². The summed E-state index contributed by atoms with van der Waals surface area (Å²) in [5.41, 5.74) is 0.964. The normalized spacial score (nSPS) is 17.2. The Morgan fingerprint density at radius 2 is 2.24 bits per heavy atom. The van der Waals surface area contributed by atoms with Crippen LogP contribution in [0.2, 0.25) is 0 Å². The summed E-state index contributed by atoms with van der Waals surface area (Å²) in [5, 5.41) is 1.40. The highest BCUT2D eigenvalue weighted by atomic mass is 32.2. The van der Waals surface area contributed by atoms with Gasteiger partial charge in [0.2, 0.25) is 0 Å². The van der Waals surface area contributed by atoms with Gasteiger partial charge in [0.05, 0.1) is 24.5 Å². The van der Waals surface area contributed by atoms with E-state index in [2.05, 4.69) is 4.98 Å². The highest BCUT2D eigenvalue weighted by Gasteiger charge is 2.29. The van der Waals surface area contributed by atoms with Gasteiger partial charge in [-0.05, 0) is 26.3 Å². The minimum Gasteiger partial charge on any atom is -0.466 e. The molecule has 7 heteroatoms. The van der Waals surface area contributed by atoms with E-state index in [-0.39, 0.29) is 24.0 Å². The number of fused-ring (bicyclic) bond motifs is 2. The van der Waals surface area contributed by atoms with Crippen molar-refractivity contribution in [2.24, 2.45) is 0 Å². The lowest BCUT2D eigenvalue weighted by Crippen LogP contribution is -2.26. The van der Waals surface area contributed by atoms with Crippen LogP contribution in [0, 0.1) is 13.8 Å². The Hall–Kier alpha value is -1.34. The zero-order valence-corrected chi connectivity index (χ0v) is 13.8. The largest absolute Gasteiger partial charge is 0.466 e. The topological polar surface area (TPSA) is 61.2 Å². The Labute approximate surface area is 130 Å². The van der Waals surface area contributed by atoms with Crippen LogP contribution in [0.4, 0.5) is 0 Å². The van der Waals surface area contributed by atoms with Gasteiger partial charge in [-0.25, -0.2) is 4.98 Å². The third-order valence-corrected chi connectivity index (χ3v) is 5.88. The van der Waals surface area contributed by atoms with Crippen LogP contribution in [-0.2, 0) is 9.53 Å². The predicted octanol–water partition coefficient (Wildman–Crippen LogP) is 2.67. The molecule has 5 nitrogen and oxygen atoms in total. The van der Waals surface area contributed by atoms with Gasteiger partial charge in [0.25, 0.3) is 5.56 Å². The van der Waals surface area contributed by atoms with Gasteiger partial charge in [0.15, 0.2) is 5.16 Å². The van der Waals surface area contributed by atoms with E-state index in [9.17, 15) is 9.59 Å². The number of esters is 1. The van der Waals surface area contributed by atoms with E-state index in [1.54, 1.807) is 22.8 Å². The zero-order valence-electron chi connectivity index (χ0n) is 12.1. The molecule has 3 rings (SSSR count). The summed E-state index contributed by atoms with van der Waals surface area (Å²) in [7, 11) is 0. The van der Waals surface area contributed by atoms with Gasteiger partial charge >= 0.3 is 5.97 Å². The zero-order chi connectivity index (χ0) is 15.1. The Kier molecular flexibility index (Phi) is 3.79. The van der Waals surface area contributed by atoms with E-state index >= 15 is 0 Å². The summed E-state index contributed by atoms with van der Waals surface area (Å²) in [5.74, 6) is 0.428. The summed E-state index contributed by atoms with van der Waals surface area (Å²) in [4.78, 5) is 31.0. The van der Waals surface area contributed by atoms with Gasteiger partial charge in [0, 0.05) is 10.6 Å². The molecule has 1 atom stereocenters. The van der Waals surface area contributed by atoms with Crippen LogP contribution in [0.5, 0.6) is 0 Å². The van der Waals surface area contributed by atoms with Gasteiger partial charge in [-0.3, -0.25) is 14.2 Å². The monoisotopic (exact) mass is 324 g/mol. The van der Waals surface area contributed by atoms with Crippen molar-refractivity contribution in [2.75, 3.05) is 12.4 Å². The number of carbonyl (C=O) groups is 1. The lowest BCUT2D eigenvalue weighted by molar-refractivity contribution is -0.143. The van der Waals surface area contributed by atoms with Crippen molar-refractivity contribution in [3.8, 4) is 0 Å². The SMILES string of the molecule is CCOC(=O)C[C@@H]1CSc2nc3sc(C)c(C)c3c(=O)n21. The van der Waals surface area contributed by atoms with E-state index in [4.69, 9.17) is 4.74 Å². The Balaban J connectivity index is 2.07. The molecule has 0 aromatic carbocycles. The third kappa shape index (κ3) is 2.38. The Morgan fingerprint density at radius 1 is 1.48 bits per heavy atom. The number of hydrogen-bond donors (Lipinski definition) is 0.